The second kappa shape index (κ2) is 6.82. The summed E-state index contributed by atoms with van der Waals surface area (Å²) in [6.45, 7) is 5.14. The molecule has 0 aromatic carbocycles. The number of hydrogen-bond acceptors (Lipinski definition) is 5. The minimum atomic E-state index is -0.398. The molecule has 0 aromatic rings. The average Bonchev–Trinajstić information content (AvgIpc) is 2.51. The summed E-state index contributed by atoms with van der Waals surface area (Å²) in [5.41, 5.74) is 0. The minimum absolute atomic E-state index is 0.0648. The number of ether oxygens (including phenoxy) is 2. The first kappa shape index (κ1) is 12.3. The van der Waals surface area contributed by atoms with Crippen molar-refractivity contribution in [2.24, 2.45) is 0 Å². The van der Waals surface area contributed by atoms with Crippen molar-refractivity contribution in [3.63, 3.8) is 0 Å². The van der Waals surface area contributed by atoms with Crippen LogP contribution in [0.3, 0.4) is 0 Å². The van der Waals surface area contributed by atoms with E-state index in [0.717, 1.165) is 0 Å². The summed E-state index contributed by atoms with van der Waals surface area (Å²) in [5.74, 6) is -0.861. The van der Waals surface area contributed by atoms with E-state index in [2.05, 4.69) is 16.1 Å². The number of cyclic esters (lactones) is 3. The van der Waals surface area contributed by atoms with Crippen molar-refractivity contribution >= 4 is 17.9 Å². The SMILES string of the molecule is O=C1CCC(=O)O1.O=C1CCO1.[C-]#[O+]. The van der Waals surface area contributed by atoms with Gasteiger partial charge in [0.1, 0.15) is 6.61 Å². The zero-order chi connectivity index (χ0) is 11.0. The molecule has 14 heavy (non-hydrogen) atoms. The van der Waals surface area contributed by atoms with Crippen LogP contribution in [0, 0.1) is 6.65 Å². The molecular formula is C8H8O6. The van der Waals surface area contributed by atoms with E-state index >= 15 is 0 Å². The van der Waals surface area contributed by atoms with Gasteiger partial charge < -0.3 is 9.47 Å². The number of esters is 3. The van der Waals surface area contributed by atoms with Crippen LogP contribution in [0.25, 0.3) is 0 Å². The molecule has 2 aliphatic rings. The van der Waals surface area contributed by atoms with Gasteiger partial charge in [0.15, 0.2) is 0 Å². The summed E-state index contributed by atoms with van der Waals surface area (Å²) < 4.78 is 15.9. The van der Waals surface area contributed by atoms with Gasteiger partial charge >= 0.3 is 29.2 Å². The molecule has 76 valence electrons. The second-order valence-electron chi connectivity index (χ2n) is 2.32. The third-order valence-electron chi connectivity index (χ3n) is 1.33. The zero-order valence-corrected chi connectivity index (χ0v) is 7.28. The van der Waals surface area contributed by atoms with Gasteiger partial charge in [-0.2, -0.15) is 0 Å². The van der Waals surface area contributed by atoms with Crippen LogP contribution in [-0.4, -0.2) is 24.5 Å². The van der Waals surface area contributed by atoms with Gasteiger partial charge in [-0.3, -0.25) is 14.4 Å². The predicted octanol–water partition coefficient (Wildman–Crippen LogP) is -0.254. The number of carbonyl (C=O) groups excluding carboxylic acids is 3. The normalized spacial score (nSPS) is 17.4. The Labute approximate surface area is 79.9 Å². The number of carbonyl (C=O) groups is 3. The Kier molecular flexibility index (Phi) is 6.02. The number of rotatable bonds is 0. The molecule has 0 aromatic heterocycles. The molecule has 0 radical (unpaired) electrons. The van der Waals surface area contributed by atoms with E-state index in [4.69, 9.17) is 4.65 Å². The van der Waals surface area contributed by atoms with Crippen molar-refractivity contribution in [2.75, 3.05) is 6.61 Å². The Morgan fingerprint density at radius 2 is 1.29 bits per heavy atom. The van der Waals surface area contributed by atoms with Gasteiger partial charge in [-0.15, -0.1) is 0 Å². The second-order valence-corrected chi connectivity index (χ2v) is 2.32. The predicted molar refractivity (Wildman–Crippen MR) is 39.8 cm³/mol. The van der Waals surface area contributed by atoms with E-state index in [-0.39, 0.29) is 18.8 Å². The summed E-state index contributed by atoms with van der Waals surface area (Å²) in [4.78, 5) is 29.7. The van der Waals surface area contributed by atoms with Crippen molar-refractivity contribution in [3.8, 4) is 0 Å². The Morgan fingerprint density at radius 3 is 1.36 bits per heavy atom. The summed E-state index contributed by atoms with van der Waals surface area (Å²) in [5, 5.41) is 0. The van der Waals surface area contributed by atoms with Gasteiger partial charge in [0.25, 0.3) is 0 Å². The van der Waals surface area contributed by atoms with E-state index in [1.807, 2.05) is 0 Å². The summed E-state index contributed by atoms with van der Waals surface area (Å²) >= 11 is 0. The van der Waals surface area contributed by atoms with Crippen molar-refractivity contribution in [1.29, 1.82) is 0 Å². The van der Waals surface area contributed by atoms with E-state index in [9.17, 15) is 14.4 Å². The first-order chi connectivity index (χ1) is 6.68. The standard InChI is InChI=1S/C4H4O3.C3H4O2.CO/c5-3-1-2-4(6)7-3;4-3-1-2-5-3;1-2/h1-2H2;1-2H2;. The molecule has 0 atom stereocenters. The molecule has 0 saturated carbocycles. The molecule has 2 saturated heterocycles. The third-order valence-corrected chi connectivity index (χ3v) is 1.33. The first-order valence-corrected chi connectivity index (χ1v) is 3.78. The fraction of sp³-hybridized carbons (Fsp3) is 0.500. The van der Waals surface area contributed by atoms with Crippen LogP contribution < -0.4 is 0 Å². The third kappa shape index (κ3) is 5.08. The fourth-order valence-corrected chi connectivity index (χ4v) is 0.619. The number of hydrogen-bond donors (Lipinski definition) is 0. The topological polar surface area (TPSA) is 89.6 Å². The van der Waals surface area contributed by atoms with Crippen LogP contribution in [0.1, 0.15) is 19.3 Å². The molecule has 6 heteroatoms. The van der Waals surface area contributed by atoms with Gasteiger partial charge in [0.05, 0.1) is 19.3 Å². The maximum absolute atomic E-state index is 10.0. The van der Waals surface area contributed by atoms with Crippen LogP contribution in [0.15, 0.2) is 0 Å². The maximum atomic E-state index is 10.0. The molecule has 2 heterocycles. The summed E-state index contributed by atoms with van der Waals surface area (Å²) in [6, 6.07) is 0. The summed E-state index contributed by atoms with van der Waals surface area (Å²) in [6.07, 6.45) is 1.15. The molecule has 0 N–H and O–H groups in total. The van der Waals surface area contributed by atoms with E-state index < -0.39 is 11.9 Å². The Balaban J connectivity index is 0.000000213. The Bertz CT molecular complexity index is 234. The van der Waals surface area contributed by atoms with Gasteiger partial charge in [-0.1, -0.05) is 0 Å². The van der Waals surface area contributed by atoms with Gasteiger partial charge in [0.2, 0.25) is 0 Å². The van der Waals surface area contributed by atoms with Gasteiger partial charge in [-0.25, -0.2) is 0 Å². The molecule has 0 amide bonds. The van der Waals surface area contributed by atoms with Gasteiger partial charge in [0, 0.05) is 0 Å². The molecule has 6 nitrogen and oxygen atoms in total. The van der Waals surface area contributed by atoms with Crippen LogP contribution >= 0.6 is 0 Å². The molecule has 2 aliphatic heterocycles. The van der Waals surface area contributed by atoms with E-state index in [0.29, 0.717) is 13.0 Å². The van der Waals surface area contributed by atoms with Crippen LogP contribution in [0.2, 0.25) is 0 Å². The van der Waals surface area contributed by atoms with Crippen LogP contribution in [-0.2, 0) is 28.5 Å². The van der Waals surface area contributed by atoms with Crippen LogP contribution in [0.4, 0.5) is 0 Å². The molecule has 0 bridgehead atoms. The van der Waals surface area contributed by atoms with Crippen LogP contribution in [0.5, 0.6) is 0 Å². The first-order valence-electron chi connectivity index (χ1n) is 3.78. The zero-order valence-electron chi connectivity index (χ0n) is 7.28. The molecule has 0 aliphatic carbocycles. The fourth-order valence-electron chi connectivity index (χ4n) is 0.619. The van der Waals surface area contributed by atoms with Crippen molar-refractivity contribution in [2.45, 2.75) is 19.3 Å². The quantitative estimate of drug-likeness (QED) is 0.232. The molecule has 0 unspecified atom stereocenters. The Hall–Kier alpha value is -1.65. The monoisotopic (exact) mass is 200 g/mol. The molecule has 2 fully saturated rings. The molecular weight excluding hydrogens is 192 g/mol. The molecule has 2 rings (SSSR count). The van der Waals surface area contributed by atoms with Crippen molar-refractivity contribution < 1.29 is 28.5 Å². The van der Waals surface area contributed by atoms with Crippen molar-refractivity contribution in [1.82, 2.24) is 0 Å². The molecule has 0 spiro atoms. The Morgan fingerprint density at radius 1 is 0.929 bits per heavy atom. The van der Waals surface area contributed by atoms with Crippen molar-refractivity contribution in [3.05, 3.63) is 6.65 Å². The van der Waals surface area contributed by atoms with Gasteiger partial charge in [-0.05, 0) is 0 Å². The van der Waals surface area contributed by atoms with E-state index in [1.54, 1.807) is 0 Å². The summed E-state index contributed by atoms with van der Waals surface area (Å²) in [7, 11) is 0. The average molecular weight is 200 g/mol. The van der Waals surface area contributed by atoms with E-state index in [1.165, 1.54) is 0 Å².